The second-order valence-corrected chi connectivity index (χ2v) is 17.9. The molecule has 0 aromatic rings. The van der Waals surface area contributed by atoms with Crippen LogP contribution in [0.1, 0.15) is 213 Å². The van der Waals surface area contributed by atoms with Crippen LogP contribution in [-0.2, 0) is 27.9 Å². The quantitative estimate of drug-likeness (QED) is 0.0286. The summed E-state index contributed by atoms with van der Waals surface area (Å²) in [6, 6.07) is 0. The number of carbonyl (C=O) groups is 1. The molecule has 0 bridgehead atoms. The van der Waals surface area contributed by atoms with Crippen LogP contribution < -0.4 is 0 Å². The van der Waals surface area contributed by atoms with Gasteiger partial charge < -0.3 is 18.9 Å². The molecule has 0 spiro atoms. The fourth-order valence-electron chi connectivity index (χ4n) is 6.44. The van der Waals surface area contributed by atoms with E-state index in [0.29, 0.717) is 24.1 Å². The van der Waals surface area contributed by atoms with E-state index in [0.717, 1.165) is 32.1 Å². The van der Waals surface area contributed by atoms with Gasteiger partial charge in [-0.2, -0.15) is 0 Å². The number of carbonyl (C=O) groups excluding carboxylic acids is 1. The number of phosphoric acid groups is 1. The molecule has 0 heterocycles. The van der Waals surface area contributed by atoms with E-state index < -0.39 is 13.9 Å². The van der Waals surface area contributed by atoms with Crippen molar-refractivity contribution in [1.29, 1.82) is 0 Å². The van der Waals surface area contributed by atoms with Crippen molar-refractivity contribution in [3.8, 4) is 0 Å². The maximum absolute atomic E-state index is 12.7. The number of ether oxygens (including phenoxy) is 2. The number of likely N-dealkylation sites (N-methyl/N-ethyl adjacent to an activating group) is 1. The van der Waals surface area contributed by atoms with Crippen molar-refractivity contribution < 1.29 is 37.3 Å². The van der Waals surface area contributed by atoms with Gasteiger partial charge in [0.05, 0.1) is 34.4 Å². The van der Waals surface area contributed by atoms with Gasteiger partial charge in [-0.05, 0) is 12.8 Å². The normalized spacial score (nSPS) is 13.7. The summed E-state index contributed by atoms with van der Waals surface area (Å²) in [5.41, 5.74) is 0. The summed E-state index contributed by atoms with van der Waals surface area (Å²) >= 11 is 0. The number of quaternary nitrogens is 1. The van der Waals surface area contributed by atoms with E-state index in [4.69, 9.17) is 18.5 Å². The first-order valence-electron chi connectivity index (χ1n) is 22.3. The Bertz CT molecular complexity index is 807. The molecule has 0 aliphatic carbocycles. The van der Waals surface area contributed by atoms with Gasteiger partial charge in [-0.15, -0.1) is 0 Å². The molecule has 0 aromatic heterocycles. The molecule has 0 saturated carbocycles. The Morgan fingerprint density at radius 1 is 0.519 bits per heavy atom. The van der Waals surface area contributed by atoms with Crippen molar-refractivity contribution in [2.45, 2.75) is 219 Å². The third kappa shape index (κ3) is 40.7. The molecule has 0 aliphatic rings. The van der Waals surface area contributed by atoms with Crippen molar-refractivity contribution in [1.82, 2.24) is 0 Å². The lowest BCUT2D eigenvalue weighted by Gasteiger charge is -2.24. The molecule has 0 aliphatic heterocycles. The average Bonchev–Trinajstić information content (AvgIpc) is 3.09. The first kappa shape index (κ1) is 51.5. The standard InChI is InChI=1S/C43H88NO7P/c1-6-8-10-12-14-16-18-20-21-22-23-24-25-27-29-31-33-35-38-48-40-42(41-50-52(46,47)49-39-37-44(3,4)5)51-43(45)36-34-32-30-28-26-19-17-15-13-11-9-7-2/h42H,6-41H2,1-5H3/p+1/t42-/m1/s1. The molecule has 0 aromatic carbocycles. The highest BCUT2D eigenvalue weighted by Gasteiger charge is 2.26. The summed E-state index contributed by atoms with van der Waals surface area (Å²) < 4.78 is 35.0. The van der Waals surface area contributed by atoms with Gasteiger partial charge in [0.2, 0.25) is 0 Å². The largest absolute Gasteiger partial charge is 0.472 e. The fourth-order valence-corrected chi connectivity index (χ4v) is 7.18. The molecule has 9 heteroatoms. The van der Waals surface area contributed by atoms with Crippen LogP contribution >= 0.6 is 7.82 Å². The topological polar surface area (TPSA) is 91.3 Å². The second-order valence-electron chi connectivity index (χ2n) is 16.4. The number of esters is 1. The Labute approximate surface area is 323 Å². The summed E-state index contributed by atoms with van der Waals surface area (Å²) in [4.78, 5) is 22.8. The van der Waals surface area contributed by atoms with Gasteiger partial charge in [0.25, 0.3) is 0 Å². The predicted molar refractivity (Wildman–Crippen MR) is 220 cm³/mol. The van der Waals surface area contributed by atoms with Crippen molar-refractivity contribution in [3.05, 3.63) is 0 Å². The number of hydrogen-bond donors (Lipinski definition) is 1. The average molecular weight is 763 g/mol. The molecule has 8 nitrogen and oxygen atoms in total. The second kappa shape index (κ2) is 37.4. The van der Waals surface area contributed by atoms with E-state index in [1.807, 2.05) is 21.1 Å². The zero-order chi connectivity index (χ0) is 38.4. The number of hydrogen-bond acceptors (Lipinski definition) is 6. The smallest absolute Gasteiger partial charge is 0.457 e. The SMILES string of the molecule is CCCCCCCCCCCCCCCCCCCCOC[C@H](COP(=O)(O)OCC[N+](C)(C)C)OC(=O)CCCCCCCCCCCCCC. The van der Waals surface area contributed by atoms with Gasteiger partial charge in [-0.25, -0.2) is 4.57 Å². The summed E-state index contributed by atoms with van der Waals surface area (Å²) in [6.45, 7) is 5.67. The van der Waals surface area contributed by atoms with E-state index in [2.05, 4.69) is 13.8 Å². The molecule has 0 radical (unpaired) electrons. The third-order valence-electron chi connectivity index (χ3n) is 9.92. The monoisotopic (exact) mass is 763 g/mol. The van der Waals surface area contributed by atoms with Gasteiger partial charge in [-0.3, -0.25) is 13.8 Å². The van der Waals surface area contributed by atoms with E-state index >= 15 is 0 Å². The first-order chi connectivity index (χ1) is 25.1. The zero-order valence-electron chi connectivity index (χ0n) is 35.3. The van der Waals surface area contributed by atoms with Crippen molar-refractivity contribution in [2.24, 2.45) is 0 Å². The summed E-state index contributed by atoms with van der Waals surface area (Å²) in [6.07, 6.45) is 38.4. The van der Waals surface area contributed by atoms with Crippen LogP contribution in [0.2, 0.25) is 0 Å². The van der Waals surface area contributed by atoms with Crippen LogP contribution in [0.3, 0.4) is 0 Å². The summed E-state index contributed by atoms with van der Waals surface area (Å²) in [7, 11) is 1.68. The number of rotatable bonds is 42. The van der Waals surface area contributed by atoms with E-state index in [1.165, 1.54) is 161 Å². The Balaban J connectivity index is 4.14. The maximum Gasteiger partial charge on any atom is 0.472 e. The molecular weight excluding hydrogens is 673 g/mol. The number of nitrogens with zero attached hydrogens (tertiary/aromatic N) is 1. The van der Waals surface area contributed by atoms with E-state index in [-0.39, 0.29) is 25.8 Å². The maximum atomic E-state index is 12.7. The highest BCUT2D eigenvalue weighted by atomic mass is 31.2. The van der Waals surface area contributed by atoms with Gasteiger partial charge in [0.1, 0.15) is 19.3 Å². The molecule has 1 N–H and O–H groups in total. The Kier molecular flexibility index (Phi) is 37.1. The van der Waals surface area contributed by atoms with Crippen molar-refractivity contribution in [2.75, 3.05) is 54.1 Å². The molecular formula is C43H89NO7P+. The third-order valence-corrected chi connectivity index (χ3v) is 10.9. The van der Waals surface area contributed by atoms with Gasteiger partial charge >= 0.3 is 13.8 Å². The number of unbranched alkanes of at least 4 members (excludes halogenated alkanes) is 28. The Morgan fingerprint density at radius 3 is 1.27 bits per heavy atom. The molecule has 0 saturated heterocycles. The van der Waals surface area contributed by atoms with Crippen LogP contribution in [0, 0.1) is 0 Å². The lowest BCUT2D eigenvalue weighted by molar-refractivity contribution is -0.870. The first-order valence-corrected chi connectivity index (χ1v) is 23.8. The summed E-state index contributed by atoms with van der Waals surface area (Å²) in [5.74, 6) is -0.309. The van der Waals surface area contributed by atoms with Crippen molar-refractivity contribution >= 4 is 13.8 Å². The molecule has 0 fully saturated rings. The lowest BCUT2D eigenvalue weighted by atomic mass is 10.0. The highest BCUT2D eigenvalue weighted by Crippen LogP contribution is 2.43. The van der Waals surface area contributed by atoms with Gasteiger partial charge in [0, 0.05) is 13.0 Å². The van der Waals surface area contributed by atoms with Crippen LogP contribution in [0.25, 0.3) is 0 Å². The van der Waals surface area contributed by atoms with Crippen molar-refractivity contribution in [3.63, 3.8) is 0 Å². The van der Waals surface area contributed by atoms with E-state index in [1.54, 1.807) is 0 Å². The van der Waals surface area contributed by atoms with Crippen LogP contribution in [0.4, 0.5) is 0 Å². The highest BCUT2D eigenvalue weighted by molar-refractivity contribution is 7.47. The predicted octanol–water partition coefficient (Wildman–Crippen LogP) is 12.9. The van der Waals surface area contributed by atoms with Crippen LogP contribution in [0.15, 0.2) is 0 Å². The molecule has 1 unspecified atom stereocenters. The Morgan fingerprint density at radius 2 is 0.885 bits per heavy atom. The van der Waals surface area contributed by atoms with Crippen LogP contribution in [0.5, 0.6) is 0 Å². The van der Waals surface area contributed by atoms with Crippen LogP contribution in [-0.4, -0.2) is 75.6 Å². The molecule has 52 heavy (non-hydrogen) atoms. The molecule has 0 rings (SSSR count). The fraction of sp³-hybridized carbons (Fsp3) is 0.977. The number of phosphoric ester groups is 1. The van der Waals surface area contributed by atoms with Gasteiger partial charge in [0.15, 0.2) is 0 Å². The molecule has 312 valence electrons. The summed E-state index contributed by atoms with van der Waals surface area (Å²) in [5, 5.41) is 0. The Hall–Kier alpha value is -0.500. The zero-order valence-corrected chi connectivity index (χ0v) is 36.2. The molecule has 2 atom stereocenters. The van der Waals surface area contributed by atoms with Gasteiger partial charge in [-0.1, -0.05) is 194 Å². The minimum absolute atomic E-state index is 0.0938. The van der Waals surface area contributed by atoms with E-state index in [9.17, 15) is 14.3 Å². The minimum atomic E-state index is -4.26. The molecule has 0 amide bonds. The lowest BCUT2D eigenvalue weighted by Crippen LogP contribution is -2.37. The minimum Gasteiger partial charge on any atom is -0.457 e.